The van der Waals surface area contributed by atoms with Crippen molar-refractivity contribution in [2.75, 3.05) is 6.61 Å². The Kier molecular flexibility index (Phi) is 5.36. The molecule has 0 fully saturated rings. The van der Waals surface area contributed by atoms with Crippen LogP contribution in [-0.2, 0) is 0 Å². The number of benzene rings is 2. The Morgan fingerprint density at radius 3 is 2.42 bits per heavy atom. The molecule has 0 spiro atoms. The summed E-state index contributed by atoms with van der Waals surface area (Å²) in [7, 11) is 0. The van der Waals surface area contributed by atoms with Crippen molar-refractivity contribution in [2.45, 2.75) is 39.3 Å². The van der Waals surface area contributed by atoms with Gasteiger partial charge in [0.15, 0.2) is 0 Å². The van der Waals surface area contributed by atoms with Gasteiger partial charge in [0.2, 0.25) is 0 Å². The lowest BCUT2D eigenvalue weighted by Crippen LogP contribution is -2.44. The Morgan fingerprint density at radius 1 is 1.00 bits per heavy atom. The summed E-state index contributed by atoms with van der Waals surface area (Å²) in [5.74, 6) is 1.18. The van der Waals surface area contributed by atoms with Crippen molar-refractivity contribution in [3.05, 3.63) is 77.6 Å². The summed E-state index contributed by atoms with van der Waals surface area (Å²) >= 11 is 0. The molecule has 2 amide bonds. The number of hydrogen-bond acceptors (Lipinski definition) is 5. The molecule has 0 saturated carbocycles. The number of fused-ring (bicyclic) bond motifs is 4. The van der Waals surface area contributed by atoms with Crippen molar-refractivity contribution in [3.8, 4) is 22.6 Å². The van der Waals surface area contributed by atoms with E-state index in [1.807, 2.05) is 37.4 Å². The van der Waals surface area contributed by atoms with E-state index >= 15 is 0 Å². The van der Waals surface area contributed by atoms with Gasteiger partial charge in [0, 0.05) is 29.6 Å². The van der Waals surface area contributed by atoms with Crippen LogP contribution in [0.1, 0.15) is 59.6 Å². The summed E-state index contributed by atoms with van der Waals surface area (Å²) in [4.78, 5) is 31.6. The molecule has 0 N–H and O–H groups in total. The zero-order valence-corrected chi connectivity index (χ0v) is 18.9. The monoisotopic (exact) mass is 442 g/mol. The predicted molar refractivity (Wildman–Crippen MR) is 124 cm³/mol. The van der Waals surface area contributed by atoms with Crippen LogP contribution in [-0.4, -0.2) is 34.3 Å². The topological polar surface area (TPSA) is 68.7 Å². The number of carbonyl (C=O) groups excluding carboxylic acids is 2. The van der Waals surface area contributed by atoms with E-state index < -0.39 is 0 Å². The van der Waals surface area contributed by atoms with E-state index in [-0.39, 0.29) is 30.6 Å². The molecular weight excluding hydrogens is 416 g/mol. The minimum absolute atomic E-state index is 0.108. The third-order valence-corrected chi connectivity index (χ3v) is 6.21. The Morgan fingerprint density at radius 2 is 1.73 bits per heavy atom. The maximum absolute atomic E-state index is 13.0. The van der Waals surface area contributed by atoms with E-state index in [9.17, 15) is 9.59 Å². The number of carbonyl (C=O) groups is 2. The fraction of sp³-hybridized carbons (Fsp3) is 0.296. The van der Waals surface area contributed by atoms with Crippen LogP contribution in [0.3, 0.4) is 0 Å². The van der Waals surface area contributed by atoms with Gasteiger partial charge in [-0.2, -0.15) is 0 Å². The number of aromatic nitrogens is 1. The number of nitrogens with zero attached hydrogens (tertiary/aromatic N) is 2. The van der Waals surface area contributed by atoms with E-state index in [4.69, 9.17) is 9.47 Å². The fourth-order valence-corrected chi connectivity index (χ4v) is 4.67. The molecule has 5 rings (SSSR count). The molecular formula is C27H26N2O4. The first-order chi connectivity index (χ1) is 15.9. The van der Waals surface area contributed by atoms with E-state index in [1.165, 1.54) is 4.90 Å². The number of ether oxygens (including phenoxy) is 2. The van der Waals surface area contributed by atoms with Gasteiger partial charge in [-0.15, -0.1) is 0 Å². The maximum atomic E-state index is 13.0. The lowest BCUT2D eigenvalue weighted by Gasteiger charge is -2.29. The van der Waals surface area contributed by atoms with E-state index in [1.54, 1.807) is 30.5 Å². The zero-order chi connectivity index (χ0) is 23.1. The van der Waals surface area contributed by atoms with Gasteiger partial charge in [-0.3, -0.25) is 19.5 Å². The quantitative estimate of drug-likeness (QED) is 0.485. The van der Waals surface area contributed by atoms with Gasteiger partial charge in [0.25, 0.3) is 11.8 Å². The number of hydrogen-bond donors (Lipinski definition) is 0. The van der Waals surface area contributed by atoms with Crippen LogP contribution in [0.4, 0.5) is 0 Å². The lowest BCUT2D eigenvalue weighted by molar-refractivity contribution is 0.0507. The molecule has 2 atom stereocenters. The second-order valence-electron chi connectivity index (χ2n) is 9.00. The van der Waals surface area contributed by atoms with Crippen LogP contribution in [0.25, 0.3) is 11.1 Å². The molecule has 6 heteroatoms. The zero-order valence-electron chi connectivity index (χ0n) is 18.9. The smallest absolute Gasteiger partial charge is 0.261 e. The number of rotatable bonds is 6. The maximum Gasteiger partial charge on any atom is 0.261 e. The molecule has 3 heterocycles. The number of imide groups is 1. The summed E-state index contributed by atoms with van der Waals surface area (Å²) in [5, 5.41) is 0. The van der Waals surface area contributed by atoms with Crippen molar-refractivity contribution < 1.29 is 19.1 Å². The predicted octanol–water partition coefficient (Wildman–Crippen LogP) is 5.29. The second-order valence-corrected chi connectivity index (χ2v) is 9.00. The molecule has 1 aromatic heterocycles. The van der Waals surface area contributed by atoms with Gasteiger partial charge in [0.1, 0.15) is 24.2 Å². The fourth-order valence-electron chi connectivity index (χ4n) is 4.67. The van der Waals surface area contributed by atoms with Crippen LogP contribution < -0.4 is 9.47 Å². The highest BCUT2D eigenvalue weighted by atomic mass is 16.5. The van der Waals surface area contributed by atoms with Gasteiger partial charge in [-0.25, -0.2) is 0 Å². The average Bonchev–Trinajstić information content (AvgIpc) is 3.07. The van der Waals surface area contributed by atoms with Crippen molar-refractivity contribution in [1.82, 2.24) is 9.88 Å². The molecule has 2 unspecified atom stereocenters. The highest BCUT2D eigenvalue weighted by molar-refractivity contribution is 6.21. The van der Waals surface area contributed by atoms with Crippen LogP contribution >= 0.6 is 0 Å². The summed E-state index contributed by atoms with van der Waals surface area (Å²) in [6.45, 7) is 6.37. The van der Waals surface area contributed by atoms with Crippen molar-refractivity contribution in [1.29, 1.82) is 0 Å². The SMILES string of the molecule is CC(C)CC(COc1ccc2c(c1)OC(C)c1cnccc1-2)N1C(=O)c2ccccc2C1=O. The molecule has 2 aromatic carbocycles. The molecule has 33 heavy (non-hydrogen) atoms. The van der Waals surface area contributed by atoms with Crippen LogP contribution in [0, 0.1) is 5.92 Å². The summed E-state index contributed by atoms with van der Waals surface area (Å²) < 4.78 is 12.2. The summed E-state index contributed by atoms with van der Waals surface area (Å²) in [6, 6.07) is 14.4. The lowest BCUT2D eigenvalue weighted by atomic mass is 9.95. The first-order valence-corrected chi connectivity index (χ1v) is 11.3. The minimum atomic E-state index is -0.361. The average molecular weight is 443 g/mol. The van der Waals surface area contributed by atoms with E-state index in [0.29, 0.717) is 29.2 Å². The van der Waals surface area contributed by atoms with Gasteiger partial charge >= 0.3 is 0 Å². The molecule has 2 aliphatic rings. The van der Waals surface area contributed by atoms with Crippen LogP contribution in [0.15, 0.2) is 60.9 Å². The highest BCUT2D eigenvalue weighted by Gasteiger charge is 2.40. The second kappa shape index (κ2) is 8.35. The van der Waals surface area contributed by atoms with E-state index in [2.05, 4.69) is 18.8 Å². The molecule has 0 saturated heterocycles. The molecule has 2 aliphatic heterocycles. The molecule has 0 aliphatic carbocycles. The standard InChI is InChI=1S/C27H26N2O4/c1-16(2)12-18(29-26(30)22-6-4-5-7-23(22)27(29)31)15-32-19-8-9-21-20-10-11-28-14-24(20)17(3)33-25(21)13-19/h4-11,13-14,16-18H,12,15H2,1-3H3. The van der Waals surface area contributed by atoms with Crippen LogP contribution in [0.2, 0.25) is 0 Å². The van der Waals surface area contributed by atoms with Gasteiger partial charge in [0.05, 0.1) is 17.2 Å². The van der Waals surface area contributed by atoms with Crippen LogP contribution in [0.5, 0.6) is 11.5 Å². The number of amides is 2. The minimum Gasteiger partial charge on any atom is -0.491 e. The van der Waals surface area contributed by atoms with E-state index in [0.717, 1.165) is 22.4 Å². The van der Waals surface area contributed by atoms with Gasteiger partial charge in [-0.1, -0.05) is 26.0 Å². The Hall–Kier alpha value is -3.67. The highest BCUT2D eigenvalue weighted by Crippen LogP contribution is 2.43. The Bertz CT molecular complexity index is 1200. The molecule has 3 aromatic rings. The first kappa shape index (κ1) is 21.2. The normalized spacial score (nSPS) is 17.3. The number of pyridine rings is 1. The first-order valence-electron chi connectivity index (χ1n) is 11.3. The Balaban J connectivity index is 1.38. The molecule has 168 valence electrons. The summed E-state index contributed by atoms with van der Waals surface area (Å²) in [6.07, 6.45) is 4.17. The third kappa shape index (κ3) is 3.75. The van der Waals surface area contributed by atoms with Crippen molar-refractivity contribution >= 4 is 11.8 Å². The van der Waals surface area contributed by atoms with Gasteiger partial charge < -0.3 is 9.47 Å². The molecule has 6 nitrogen and oxygen atoms in total. The Labute approximate surface area is 193 Å². The van der Waals surface area contributed by atoms with Gasteiger partial charge in [-0.05, 0) is 55.2 Å². The molecule has 0 radical (unpaired) electrons. The van der Waals surface area contributed by atoms with Crippen molar-refractivity contribution in [3.63, 3.8) is 0 Å². The summed E-state index contributed by atoms with van der Waals surface area (Å²) in [5.41, 5.74) is 4.08. The largest absolute Gasteiger partial charge is 0.491 e. The van der Waals surface area contributed by atoms with Crippen molar-refractivity contribution in [2.24, 2.45) is 5.92 Å². The third-order valence-electron chi connectivity index (χ3n) is 6.21. The molecule has 0 bridgehead atoms.